The van der Waals surface area contributed by atoms with Crippen molar-refractivity contribution in [2.45, 2.75) is 44.8 Å². The van der Waals surface area contributed by atoms with Crippen LogP contribution in [0.25, 0.3) is 0 Å². The lowest BCUT2D eigenvalue weighted by molar-refractivity contribution is 0.0524. The van der Waals surface area contributed by atoms with E-state index < -0.39 is 0 Å². The summed E-state index contributed by atoms with van der Waals surface area (Å²) in [6.07, 6.45) is 2.19. The van der Waals surface area contributed by atoms with Crippen molar-refractivity contribution in [1.82, 2.24) is 9.80 Å². The molecule has 0 spiro atoms. The fourth-order valence-corrected chi connectivity index (χ4v) is 3.72. The Hall–Kier alpha value is -0.420. The maximum atomic E-state index is 6.48. The molecule has 1 saturated heterocycles. The fourth-order valence-electron chi connectivity index (χ4n) is 3.31. The summed E-state index contributed by atoms with van der Waals surface area (Å²) in [5.74, 6) is 0. The van der Waals surface area contributed by atoms with Crippen LogP contribution in [0.2, 0.25) is 0 Å². The fraction of sp³-hybridized carbons (Fsp3) is 0.647. The summed E-state index contributed by atoms with van der Waals surface area (Å²) in [7, 11) is 2.24. The number of hydrogen-bond donors (Lipinski definition) is 1. The third-order valence-corrected chi connectivity index (χ3v) is 5.23. The van der Waals surface area contributed by atoms with Gasteiger partial charge < -0.3 is 10.6 Å². The van der Waals surface area contributed by atoms with Crippen molar-refractivity contribution in [2.75, 3.05) is 26.7 Å². The number of nitrogens with two attached hydrogens (primary N) is 1. The van der Waals surface area contributed by atoms with Gasteiger partial charge in [0.25, 0.3) is 0 Å². The number of likely N-dealkylation sites (N-methyl/N-ethyl adjacent to an activating group) is 1. The van der Waals surface area contributed by atoms with E-state index in [-0.39, 0.29) is 6.04 Å². The van der Waals surface area contributed by atoms with Crippen LogP contribution in [0, 0.1) is 0 Å². The van der Waals surface area contributed by atoms with Gasteiger partial charge in [-0.25, -0.2) is 0 Å². The highest BCUT2D eigenvalue weighted by Gasteiger charge is 2.31. The highest BCUT2D eigenvalue weighted by molar-refractivity contribution is 9.10. The summed E-state index contributed by atoms with van der Waals surface area (Å²) in [5, 5.41) is 0. The molecule has 1 heterocycles. The lowest BCUT2D eigenvalue weighted by atomic mass is 9.94. The minimum atomic E-state index is 0.181. The van der Waals surface area contributed by atoms with Crippen LogP contribution < -0.4 is 5.73 Å². The number of piperazine rings is 1. The van der Waals surface area contributed by atoms with E-state index in [2.05, 4.69) is 70.9 Å². The highest BCUT2D eigenvalue weighted by atomic mass is 79.9. The van der Waals surface area contributed by atoms with Crippen LogP contribution in [0.15, 0.2) is 28.7 Å². The molecule has 0 bridgehead atoms. The van der Waals surface area contributed by atoms with E-state index in [9.17, 15) is 0 Å². The van der Waals surface area contributed by atoms with Gasteiger partial charge in [0.15, 0.2) is 0 Å². The van der Waals surface area contributed by atoms with Gasteiger partial charge in [-0.3, -0.25) is 4.90 Å². The van der Waals surface area contributed by atoms with Gasteiger partial charge in [-0.2, -0.15) is 0 Å². The third-order valence-electron chi connectivity index (χ3n) is 4.74. The Balaban J connectivity index is 2.24. The maximum absolute atomic E-state index is 6.48. The molecule has 2 N–H and O–H groups in total. The average Bonchev–Trinajstić information content (AvgIpc) is 2.49. The predicted octanol–water partition coefficient (Wildman–Crippen LogP) is 3.25. The van der Waals surface area contributed by atoms with E-state index in [1.165, 1.54) is 12.0 Å². The van der Waals surface area contributed by atoms with Crippen molar-refractivity contribution >= 4 is 15.9 Å². The molecular weight excluding hydrogens is 326 g/mol. The van der Waals surface area contributed by atoms with Crippen molar-refractivity contribution in [3.63, 3.8) is 0 Å². The van der Waals surface area contributed by atoms with Crippen molar-refractivity contribution in [2.24, 2.45) is 5.73 Å². The molecule has 0 amide bonds. The number of nitrogens with zero attached hydrogens (tertiary/aromatic N) is 2. The van der Waals surface area contributed by atoms with Crippen LogP contribution in [0.3, 0.4) is 0 Å². The molecule has 3 atom stereocenters. The van der Waals surface area contributed by atoms with E-state index in [1.807, 2.05) is 0 Å². The van der Waals surface area contributed by atoms with E-state index in [0.717, 1.165) is 30.5 Å². The molecule has 0 aliphatic carbocycles. The second-order valence-corrected chi connectivity index (χ2v) is 7.03. The van der Waals surface area contributed by atoms with Crippen LogP contribution in [0.4, 0.5) is 0 Å². The summed E-state index contributed by atoms with van der Waals surface area (Å²) >= 11 is 3.59. The molecule has 118 valence electrons. The quantitative estimate of drug-likeness (QED) is 0.881. The normalized spacial score (nSPS) is 24.0. The van der Waals surface area contributed by atoms with Crippen LogP contribution in [0.5, 0.6) is 0 Å². The van der Waals surface area contributed by atoms with Gasteiger partial charge in [-0.1, -0.05) is 41.9 Å². The molecule has 1 aliphatic rings. The molecule has 1 aromatic carbocycles. The largest absolute Gasteiger partial charge is 0.326 e. The molecule has 2 rings (SSSR count). The van der Waals surface area contributed by atoms with Gasteiger partial charge in [0.2, 0.25) is 0 Å². The van der Waals surface area contributed by atoms with Gasteiger partial charge >= 0.3 is 0 Å². The summed E-state index contributed by atoms with van der Waals surface area (Å²) in [5.41, 5.74) is 7.81. The molecule has 4 heteroatoms. The van der Waals surface area contributed by atoms with Crippen LogP contribution in [-0.2, 0) is 0 Å². The maximum Gasteiger partial charge on any atom is 0.0500 e. The second-order valence-electron chi connectivity index (χ2n) is 6.11. The lowest BCUT2D eigenvalue weighted by Gasteiger charge is -2.44. The molecule has 3 nitrogen and oxygen atoms in total. The van der Waals surface area contributed by atoms with Crippen LogP contribution in [0.1, 0.15) is 38.3 Å². The second kappa shape index (κ2) is 7.73. The van der Waals surface area contributed by atoms with Gasteiger partial charge in [-0.05, 0) is 37.6 Å². The van der Waals surface area contributed by atoms with Gasteiger partial charge in [0.05, 0.1) is 6.04 Å². The Kier molecular flexibility index (Phi) is 6.23. The van der Waals surface area contributed by atoms with Gasteiger partial charge in [0, 0.05) is 36.2 Å². The molecule has 21 heavy (non-hydrogen) atoms. The van der Waals surface area contributed by atoms with E-state index in [0.29, 0.717) is 12.1 Å². The first-order valence-corrected chi connectivity index (χ1v) is 8.81. The van der Waals surface area contributed by atoms with Gasteiger partial charge in [-0.15, -0.1) is 0 Å². The third kappa shape index (κ3) is 4.07. The molecular formula is C17H28BrN3. The summed E-state index contributed by atoms with van der Waals surface area (Å²) in [6, 6.07) is 9.76. The van der Waals surface area contributed by atoms with E-state index in [4.69, 9.17) is 5.73 Å². The molecule has 1 aromatic rings. The number of halogens is 1. The van der Waals surface area contributed by atoms with Crippen molar-refractivity contribution < 1.29 is 0 Å². The monoisotopic (exact) mass is 353 g/mol. The van der Waals surface area contributed by atoms with Crippen LogP contribution in [-0.4, -0.2) is 48.6 Å². The molecule has 0 aromatic heterocycles. The lowest BCUT2D eigenvalue weighted by Crippen LogP contribution is -2.54. The zero-order valence-electron chi connectivity index (χ0n) is 13.4. The molecule has 1 aliphatic heterocycles. The summed E-state index contributed by atoms with van der Waals surface area (Å²) in [4.78, 5) is 5.07. The van der Waals surface area contributed by atoms with Crippen molar-refractivity contribution in [1.29, 1.82) is 0 Å². The average molecular weight is 354 g/mol. The Bertz CT molecular complexity index is 451. The topological polar surface area (TPSA) is 32.5 Å². The Morgan fingerprint density at radius 1 is 1.33 bits per heavy atom. The Morgan fingerprint density at radius 2 is 2.10 bits per heavy atom. The number of rotatable bonds is 5. The van der Waals surface area contributed by atoms with Crippen molar-refractivity contribution in [3.8, 4) is 0 Å². The SMILES string of the molecule is CCC(N)C(c1cccc(Br)c1)N1CCN(C)C(CC)C1. The highest BCUT2D eigenvalue weighted by Crippen LogP contribution is 2.29. The molecule has 1 fully saturated rings. The predicted molar refractivity (Wildman–Crippen MR) is 93.4 cm³/mol. The first kappa shape index (κ1) is 16.9. The Morgan fingerprint density at radius 3 is 2.71 bits per heavy atom. The van der Waals surface area contributed by atoms with Gasteiger partial charge in [0.1, 0.15) is 0 Å². The summed E-state index contributed by atoms with van der Waals surface area (Å²) in [6.45, 7) is 7.79. The number of benzene rings is 1. The molecule has 0 saturated carbocycles. The molecule has 3 unspecified atom stereocenters. The zero-order valence-corrected chi connectivity index (χ0v) is 15.0. The minimum absolute atomic E-state index is 0.181. The minimum Gasteiger partial charge on any atom is -0.326 e. The van der Waals surface area contributed by atoms with Crippen LogP contribution >= 0.6 is 15.9 Å². The first-order valence-electron chi connectivity index (χ1n) is 8.02. The first-order chi connectivity index (χ1) is 10.1. The van der Waals surface area contributed by atoms with Crippen molar-refractivity contribution in [3.05, 3.63) is 34.3 Å². The van der Waals surface area contributed by atoms with E-state index >= 15 is 0 Å². The van der Waals surface area contributed by atoms with E-state index in [1.54, 1.807) is 0 Å². The smallest absolute Gasteiger partial charge is 0.0500 e. The summed E-state index contributed by atoms with van der Waals surface area (Å²) < 4.78 is 1.13. The Labute approximate surface area is 137 Å². The standard InChI is InChI=1S/C17H28BrN3/c1-4-15-12-21(10-9-20(15)3)17(16(19)5-2)13-7-6-8-14(18)11-13/h6-8,11,15-17H,4-5,9-10,12,19H2,1-3H3. The number of hydrogen-bond acceptors (Lipinski definition) is 3. The zero-order chi connectivity index (χ0) is 15.4. The molecule has 0 radical (unpaired) electrons.